The van der Waals surface area contributed by atoms with Crippen molar-refractivity contribution in [2.24, 2.45) is 0 Å². The van der Waals surface area contributed by atoms with Gasteiger partial charge in [-0.1, -0.05) is 12.8 Å². The molecule has 1 aromatic rings. The number of aromatic nitrogens is 1. The molecule has 0 amide bonds. The van der Waals surface area contributed by atoms with Crippen LogP contribution in [-0.2, 0) is 6.54 Å². The highest BCUT2D eigenvalue weighted by Gasteiger charge is 2.13. The lowest BCUT2D eigenvalue weighted by Gasteiger charge is -2.24. The molecule has 0 aliphatic carbocycles. The number of hydrogen-bond acceptors (Lipinski definition) is 3. The first-order valence-electron chi connectivity index (χ1n) is 7.00. The van der Waals surface area contributed by atoms with Gasteiger partial charge in [-0.05, 0) is 45.4 Å². The van der Waals surface area contributed by atoms with E-state index in [1.807, 2.05) is 6.92 Å². The van der Waals surface area contributed by atoms with E-state index in [9.17, 15) is 0 Å². The van der Waals surface area contributed by atoms with Crippen molar-refractivity contribution >= 4 is 5.82 Å². The third kappa shape index (κ3) is 4.25. The van der Waals surface area contributed by atoms with E-state index in [0.29, 0.717) is 6.54 Å². The maximum Gasteiger partial charge on any atom is 0.134 e. The van der Waals surface area contributed by atoms with E-state index in [2.05, 4.69) is 43.0 Å². The van der Waals surface area contributed by atoms with Gasteiger partial charge < -0.3 is 10.2 Å². The van der Waals surface area contributed by atoms with Gasteiger partial charge in [0.25, 0.3) is 0 Å². The summed E-state index contributed by atoms with van der Waals surface area (Å²) in [7, 11) is 0. The van der Waals surface area contributed by atoms with Crippen LogP contribution in [0.4, 0.5) is 5.82 Å². The van der Waals surface area contributed by atoms with Crippen molar-refractivity contribution in [1.29, 1.82) is 0 Å². The standard InChI is InChI=1S/C16H25N3/c1-6-9-17-12-15-13(4)11-14(5)18-16(15)19(8-3)10-7-2/h2,11,17H,6,8-10,12H2,1,3-5H3. The van der Waals surface area contributed by atoms with Crippen LogP contribution in [0.1, 0.15) is 37.1 Å². The smallest absolute Gasteiger partial charge is 0.134 e. The van der Waals surface area contributed by atoms with Crippen LogP contribution in [0.25, 0.3) is 0 Å². The quantitative estimate of drug-likeness (QED) is 0.603. The van der Waals surface area contributed by atoms with E-state index in [0.717, 1.165) is 37.6 Å². The van der Waals surface area contributed by atoms with Gasteiger partial charge in [0.05, 0.1) is 6.54 Å². The van der Waals surface area contributed by atoms with Crippen LogP contribution >= 0.6 is 0 Å². The predicted molar refractivity (Wildman–Crippen MR) is 82.4 cm³/mol. The second kappa shape index (κ2) is 7.81. The molecular weight excluding hydrogens is 234 g/mol. The van der Waals surface area contributed by atoms with E-state index in [1.54, 1.807) is 0 Å². The molecule has 1 rings (SSSR count). The van der Waals surface area contributed by atoms with Gasteiger partial charge in [0.1, 0.15) is 5.82 Å². The highest BCUT2D eigenvalue weighted by atomic mass is 15.2. The van der Waals surface area contributed by atoms with Crippen molar-refractivity contribution in [2.75, 3.05) is 24.5 Å². The molecule has 19 heavy (non-hydrogen) atoms. The molecule has 104 valence electrons. The zero-order valence-corrected chi connectivity index (χ0v) is 12.6. The topological polar surface area (TPSA) is 28.2 Å². The number of nitrogens with zero attached hydrogens (tertiary/aromatic N) is 2. The summed E-state index contributed by atoms with van der Waals surface area (Å²) in [6.07, 6.45) is 6.59. The number of rotatable bonds is 7. The summed E-state index contributed by atoms with van der Waals surface area (Å²) in [4.78, 5) is 6.85. The first-order valence-corrected chi connectivity index (χ1v) is 7.00. The van der Waals surface area contributed by atoms with Crippen molar-refractivity contribution in [3.05, 3.63) is 22.9 Å². The molecule has 0 aliphatic heterocycles. The molecule has 0 radical (unpaired) electrons. The van der Waals surface area contributed by atoms with Crippen molar-refractivity contribution in [3.63, 3.8) is 0 Å². The third-order valence-corrected chi connectivity index (χ3v) is 3.15. The number of terminal acetylenes is 1. The molecule has 3 nitrogen and oxygen atoms in total. The maximum absolute atomic E-state index is 5.46. The monoisotopic (exact) mass is 259 g/mol. The Bertz CT molecular complexity index is 446. The molecule has 1 N–H and O–H groups in total. The summed E-state index contributed by atoms with van der Waals surface area (Å²) >= 11 is 0. The van der Waals surface area contributed by atoms with Crippen molar-refractivity contribution < 1.29 is 0 Å². The molecule has 1 heterocycles. The zero-order valence-electron chi connectivity index (χ0n) is 12.6. The molecule has 0 saturated carbocycles. The fourth-order valence-electron chi connectivity index (χ4n) is 2.16. The molecule has 1 aromatic heterocycles. The fraction of sp³-hybridized carbons (Fsp3) is 0.562. The average Bonchev–Trinajstić information content (AvgIpc) is 2.38. The Morgan fingerprint density at radius 2 is 2.11 bits per heavy atom. The molecular formula is C16H25N3. The van der Waals surface area contributed by atoms with E-state index in [-0.39, 0.29) is 0 Å². The summed E-state index contributed by atoms with van der Waals surface area (Å²) < 4.78 is 0. The number of pyridine rings is 1. The lowest BCUT2D eigenvalue weighted by atomic mass is 10.1. The van der Waals surface area contributed by atoms with Gasteiger partial charge in [-0.15, -0.1) is 6.42 Å². The minimum atomic E-state index is 0.604. The zero-order chi connectivity index (χ0) is 14.3. The van der Waals surface area contributed by atoms with E-state index in [1.165, 1.54) is 11.1 Å². The molecule has 0 spiro atoms. The summed E-state index contributed by atoms with van der Waals surface area (Å²) in [6.45, 7) is 11.8. The van der Waals surface area contributed by atoms with Gasteiger partial charge in [-0.25, -0.2) is 4.98 Å². The predicted octanol–water partition coefficient (Wildman–Crippen LogP) is 2.66. The fourth-order valence-corrected chi connectivity index (χ4v) is 2.16. The molecule has 0 fully saturated rings. The molecule has 3 heteroatoms. The number of nitrogens with one attached hydrogen (secondary N) is 1. The highest BCUT2D eigenvalue weighted by molar-refractivity contribution is 5.52. The number of anilines is 1. The van der Waals surface area contributed by atoms with Crippen LogP contribution in [0.15, 0.2) is 6.07 Å². The van der Waals surface area contributed by atoms with E-state index in [4.69, 9.17) is 11.4 Å². The van der Waals surface area contributed by atoms with Gasteiger partial charge in [0.2, 0.25) is 0 Å². The van der Waals surface area contributed by atoms with E-state index < -0.39 is 0 Å². The first kappa shape index (κ1) is 15.5. The van der Waals surface area contributed by atoms with Gasteiger partial charge >= 0.3 is 0 Å². The van der Waals surface area contributed by atoms with Crippen LogP contribution in [0.3, 0.4) is 0 Å². The van der Waals surface area contributed by atoms with Crippen molar-refractivity contribution in [3.8, 4) is 12.3 Å². The van der Waals surface area contributed by atoms with Crippen LogP contribution in [0.5, 0.6) is 0 Å². The average molecular weight is 259 g/mol. The Morgan fingerprint density at radius 3 is 2.68 bits per heavy atom. The van der Waals surface area contributed by atoms with Crippen LogP contribution in [-0.4, -0.2) is 24.6 Å². The van der Waals surface area contributed by atoms with Gasteiger partial charge in [0, 0.05) is 24.3 Å². The summed E-state index contributed by atoms with van der Waals surface area (Å²) in [6, 6.07) is 2.14. The number of hydrogen-bond donors (Lipinski definition) is 1. The third-order valence-electron chi connectivity index (χ3n) is 3.15. The van der Waals surface area contributed by atoms with Crippen LogP contribution < -0.4 is 10.2 Å². The Balaban J connectivity index is 3.08. The second-order valence-corrected chi connectivity index (χ2v) is 4.78. The van der Waals surface area contributed by atoms with Crippen molar-refractivity contribution in [2.45, 2.75) is 40.7 Å². The van der Waals surface area contributed by atoms with Crippen molar-refractivity contribution in [1.82, 2.24) is 10.3 Å². The molecule has 0 unspecified atom stereocenters. The summed E-state index contributed by atoms with van der Waals surface area (Å²) in [5.41, 5.74) is 3.58. The van der Waals surface area contributed by atoms with Gasteiger partial charge in [-0.2, -0.15) is 0 Å². The molecule has 0 atom stereocenters. The van der Waals surface area contributed by atoms with Gasteiger partial charge in [-0.3, -0.25) is 0 Å². The van der Waals surface area contributed by atoms with Crippen LogP contribution in [0.2, 0.25) is 0 Å². The lowest BCUT2D eigenvalue weighted by Crippen LogP contribution is -2.27. The molecule has 0 aliphatic rings. The second-order valence-electron chi connectivity index (χ2n) is 4.78. The SMILES string of the molecule is C#CCN(CC)c1nc(C)cc(C)c1CNCCC. The Hall–Kier alpha value is -1.53. The summed E-state index contributed by atoms with van der Waals surface area (Å²) in [5.74, 6) is 3.75. The Kier molecular flexibility index (Phi) is 6.38. The Morgan fingerprint density at radius 1 is 1.37 bits per heavy atom. The van der Waals surface area contributed by atoms with Crippen LogP contribution in [0, 0.1) is 26.2 Å². The highest BCUT2D eigenvalue weighted by Crippen LogP contribution is 2.22. The largest absolute Gasteiger partial charge is 0.345 e. The van der Waals surface area contributed by atoms with E-state index >= 15 is 0 Å². The molecule has 0 bridgehead atoms. The first-order chi connectivity index (χ1) is 9.13. The lowest BCUT2D eigenvalue weighted by molar-refractivity contribution is 0.668. The number of aryl methyl sites for hydroxylation is 2. The minimum absolute atomic E-state index is 0.604. The molecule has 0 saturated heterocycles. The summed E-state index contributed by atoms with van der Waals surface area (Å²) in [5, 5.41) is 3.45. The van der Waals surface area contributed by atoms with Gasteiger partial charge in [0.15, 0.2) is 0 Å². The Labute approximate surface area is 117 Å². The normalized spacial score (nSPS) is 10.3. The maximum atomic E-state index is 5.46. The minimum Gasteiger partial charge on any atom is -0.345 e. The molecule has 0 aromatic carbocycles.